The molecule has 0 fully saturated rings. The van der Waals surface area contributed by atoms with Gasteiger partial charge in [-0.1, -0.05) is 263 Å². The Balaban J connectivity index is 0.000000220. The van der Waals surface area contributed by atoms with Gasteiger partial charge in [0.2, 0.25) is 0 Å². The third-order valence-corrected chi connectivity index (χ3v) is 11.0. The summed E-state index contributed by atoms with van der Waals surface area (Å²) in [6.07, 6.45) is 9.09. The second kappa shape index (κ2) is 30.3. The van der Waals surface area contributed by atoms with Crippen molar-refractivity contribution in [1.29, 1.82) is 0 Å². The molecule has 346 valence electrons. The van der Waals surface area contributed by atoms with Crippen molar-refractivity contribution >= 4 is 42.2 Å². The summed E-state index contributed by atoms with van der Waals surface area (Å²) in [4.78, 5) is 30.5. The van der Waals surface area contributed by atoms with E-state index < -0.39 is 0 Å². The number of aldehydes is 3. The number of hydrogen-bond acceptors (Lipinski definition) is 3. The Morgan fingerprint density at radius 2 is 0.582 bits per heavy atom. The van der Waals surface area contributed by atoms with Gasteiger partial charge in [-0.25, -0.2) is 0 Å². The van der Waals surface area contributed by atoms with Gasteiger partial charge in [-0.3, -0.25) is 14.4 Å². The molecule has 0 N–H and O–H groups in total. The summed E-state index contributed by atoms with van der Waals surface area (Å²) in [6, 6.07) is 61.5. The molecule has 0 saturated carbocycles. The summed E-state index contributed by atoms with van der Waals surface area (Å²) in [5.41, 5.74) is 17.2. The highest BCUT2D eigenvalue weighted by molar-refractivity contribution is 5.89. The Labute approximate surface area is 403 Å². The molecular weight excluding hydrogens is 817 g/mol. The summed E-state index contributed by atoms with van der Waals surface area (Å²) >= 11 is 0. The molecule has 2 aliphatic rings. The Bertz CT molecular complexity index is 2390. The van der Waals surface area contributed by atoms with Crippen LogP contribution in [0.25, 0.3) is 23.3 Å². The van der Waals surface area contributed by atoms with Crippen molar-refractivity contribution in [3.63, 3.8) is 0 Å². The summed E-state index contributed by atoms with van der Waals surface area (Å²) < 4.78 is 0. The van der Waals surface area contributed by atoms with E-state index in [9.17, 15) is 14.4 Å². The van der Waals surface area contributed by atoms with Crippen LogP contribution in [-0.4, -0.2) is 18.9 Å². The van der Waals surface area contributed by atoms with Gasteiger partial charge < -0.3 is 0 Å². The second-order valence-corrected chi connectivity index (χ2v) is 16.6. The smallest absolute Gasteiger partial charge is 0.150 e. The van der Waals surface area contributed by atoms with Crippen LogP contribution >= 0.6 is 0 Å². The minimum absolute atomic E-state index is 0.538. The predicted octanol–water partition coefficient (Wildman–Crippen LogP) is 17.5. The number of hydrogen-bond donors (Lipinski definition) is 0. The van der Waals surface area contributed by atoms with Gasteiger partial charge >= 0.3 is 0 Å². The molecule has 3 nitrogen and oxygen atoms in total. The van der Waals surface area contributed by atoms with Gasteiger partial charge in [0.1, 0.15) is 18.9 Å². The van der Waals surface area contributed by atoms with Gasteiger partial charge in [0, 0.05) is 16.7 Å². The Kier molecular flexibility index (Phi) is 24.6. The van der Waals surface area contributed by atoms with Gasteiger partial charge in [-0.2, -0.15) is 0 Å². The average Bonchev–Trinajstić information content (AvgIpc) is 4.05. The van der Waals surface area contributed by atoms with Crippen LogP contribution in [0.3, 0.4) is 0 Å². The van der Waals surface area contributed by atoms with E-state index in [0.29, 0.717) is 28.9 Å². The zero-order chi connectivity index (χ0) is 49.0. The molecule has 0 unspecified atom stereocenters. The summed E-state index contributed by atoms with van der Waals surface area (Å²) in [7, 11) is 0. The van der Waals surface area contributed by atoms with Crippen molar-refractivity contribution in [1.82, 2.24) is 0 Å². The maximum Gasteiger partial charge on any atom is 0.150 e. The number of benzene rings is 7. The van der Waals surface area contributed by atoms with Gasteiger partial charge in [0.25, 0.3) is 0 Å². The highest BCUT2D eigenvalue weighted by Crippen LogP contribution is 2.32. The lowest BCUT2D eigenvalue weighted by Gasteiger charge is -2.08. The maximum absolute atomic E-state index is 10.3. The molecule has 0 atom stereocenters. The lowest BCUT2D eigenvalue weighted by Crippen LogP contribution is -1.90. The Morgan fingerprint density at radius 1 is 0.328 bits per heavy atom. The molecule has 7 aromatic carbocycles. The number of fused-ring (bicyclic) bond motifs is 2. The maximum atomic E-state index is 10.3. The van der Waals surface area contributed by atoms with Crippen molar-refractivity contribution in [3.05, 3.63) is 249 Å². The Hall–Kier alpha value is -6.97. The predicted molar refractivity (Wildman–Crippen MR) is 289 cm³/mol. The first kappa shape index (κ1) is 54.4. The van der Waals surface area contributed by atoms with Crippen molar-refractivity contribution in [2.45, 2.75) is 99.8 Å². The fourth-order valence-electron chi connectivity index (χ4n) is 7.11. The Morgan fingerprint density at radius 3 is 0.851 bits per heavy atom. The molecular formula is C64H72O3. The van der Waals surface area contributed by atoms with Crippen LogP contribution in [0.15, 0.2) is 182 Å². The first-order valence-corrected chi connectivity index (χ1v) is 23.9. The number of carbonyl (C=O) groups is 3. The SMILES string of the molecule is C1=C(c2ccccc2)Cc2ccccc21.C1=C(c2ccccc2)Cc2ccccc21.CC.CC.CC(C)c1ccc(C(C)C)cc1.CC(C)c1ccc(C=O)cc1.O=Cc1ccc(C=O)cc1. The summed E-state index contributed by atoms with van der Waals surface area (Å²) in [5.74, 6) is 1.83. The van der Waals surface area contributed by atoms with Gasteiger partial charge in [-0.05, 0) is 91.8 Å². The number of allylic oxidation sites excluding steroid dienone is 2. The van der Waals surface area contributed by atoms with Crippen molar-refractivity contribution in [2.75, 3.05) is 0 Å². The van der Waals surface area contributed by atoms with Crippen molar-refractivity contribution in [3.8, 4) is 0 Å². The molecule has 2 aliphatic carbocycles. The quantitative estimate of drug-likeness (QED) is 0.143. The van der Waals surface area contributed by atoms with Gasteiger partial charge in [0.05, 0.1) is 0 Å². The standard InChI is InChI=1S/2C15H12.C12H18.C10H12O.C8H6O2.2C2H6/c2*1-2-6-12(7-3-1)15-10-13-8-4-5-9-14(13)11-15;1-9(2)11-5-7-12(8-6-11)10(3)4;1-8(2)10-5-3-9(7-11)4-6-10;9-5-7-1-2-8(6-10)4-3-7;2*1-2/h2*1-10H,11H2;5-10H,1-4H3;3-8H,1-2H3;1-6H;2*1-2H3. The van der Waals surface area contributed by atoms with Gasteiger partial charge in [0.15, 0.2) is 0 Å². The first-order chi connectivity index (χ1) is 32.6. The van der Waals surface area contributed by atoms with Crippen molar-refractivity contribution < 1.29 is 14.4 Å². The molecule has 0 heterocycles. The van der Waals surface area contributed by atoms with E-state index >= 15 is 0 Å². The molecule has 0 amide bonds. The van der Waals surface area contributed by atoms with Crippen LogP contribution in [0.2, 0.25) is 0 Å². The van der Waals surface area contributed by atoms with Crippen LogP contribution < -0.4 is 0 Å². The van der Waals surface area contributed by atoms with E-state index in [-0.39, 0.29) is 0 Å². The van der Waals surface area contributed by atoms with E-state index in [2.05, 4.69) is 187 Å². The molecule has 0 radical (unpaired) electrons. The van der Waals surface area contributed by atoms with Crippen LogP contribution in [-0.2, 0) is 12.8 Å². The van der Waals surface area contributed by atoms with Crippen LogP contribution in [0, 0.1) is 0 Å². The van der Waals surface area contributed by atoms with Crippen molar-refractivity contribution in [2.24, 2.45) is 0 Å². The highest BCUT2D eigenvalue weighted by atomic mass is 16.1. The lowest BCUT2D eigenvalue weighted by molar-refractivity contribution is 0.111. The number of rotatable bonds is 8. The molecule has 0 spiro atoms. The molecule has 7 aromatic rings. The van der Waals surface area contributed by atoms with E-state index in [4.69, 9.17) is 0 Å². The summed E-state index contributed by atoms with van der Waals surface area (Å²) in [6.45, 7) is 21.2. The lowest BCUT2D eigenvalue weighted by atomic mass is 9.97. The summed E-state index contributed by atoms with van der Waals surface area (Å²) in [5, 5.41) is 0. The monoisotopic (exact) mass is 889 g/mol. The van der Waals surface area contributed by atoms with E-state index in [1.165, 1.54) is 61.2 Å². The topological polar surface area (TPSA) is 51.2 Å². The number of carbonyl (C=O) groups excluding carboxylic acids is 3. The molecule has 3 heteroatoms. The highest BCUT2D eigenvalue weighted by Gasteiger charge is 2.13. The molecule has 0 aliphatic heterocycles. The fraction of sp³-hybridized carbons (Fsp3) is 0.234. The normalized spacial score (nSPS) is 11.2. The van der Waals surface area contributed by atoms with E-state index in [1.807, 2.05) is 52.0 Å². The zero-order valence-electron chi connectivity index (χ0n) is 41.6. The third-order valence-electron chi connectivity index (χ3n) is 11.0. The zero-order valence-corrected chi connectivity index (χ0v) is 41.6. The van der Waals surface area contributed by atoms with Crippen LogP contribution in [0.1, 0.15) is 168 Å². The molecule has 0 saturated heterocycles. The molecule has 67 heavy (non-hydrogen) atoms. The van der Waals surface area contributed by atoms with Crippen LogP contribution in [0.4, 0.5) is 0 Å². The van der Waals surface area contributed by atoms with E-state index in [1.54, 1.807) is 24.3 Å². The third kappa shape index (κ3) is 18.1. The average molecular weight is 889 g/mol. The largest absolute Gasteiger partial charge is 0.298 e. The van der Waals surface area contributed by atoms with E-state index in [0.717, 1.165) is 37.3 Å². The molecule has 0 aromatic heterocycles. The molecule has 0 bridgehead atoms. The minimum Gasteiger partial charge on any atom is -0.298 e. The minimum atomic E-state index is 0.538. The van der Waals surface area contributed by atoms with Crippen LogP contribution in [0.5, 0.6) is 0 Å². The second-order valence-electron chi connectivity index (χ2n) is 16.6. The molecule has 9 rings (SSSR count). The van der Waals surface area contributed by atoms with Gasteiger partial charge in [-0.15, -0.1) is 0 Å². The fourth-order valence-corrected chi connectivity index (χ4v) is 7.11. The first-order valence-electron chi connectivity index (χ1n) is 23.9.